The highest BCUT2D eigenvalue weighted by Gasteiger charge is 2.12. The Morgan fingerprint density at radius 3 is 2.55 bits per heavy atom. The molecule has 1 heterocycles. The van der Waals surface area contributed by atoms with Gasteiger partial charge in [-0.15, -0.1) is 11.3 Å². The Labute approximate surface area is 138 Å². The molecule has 3 N–H and O–H groups in total. The van der Waals surface area contributed by atoms with E-state index in [0.29, 0.717) is 12.1 Å². The van der Waals surface area contributed by atoms with Gasteiger partial charge in [-0.2, -0.15) is 0 Å². The van der Waals surface area contributed by atoms with Gasteiger partial charge >= 0.3 is 0 Å². The highest BCUT2D eigenvalue weighted by atomic mass is 79.9. The number of nitrogens with two attached hydrogens (primary N) is 1. The first-order valence-electron chi connectivity index (χ1n) is 5.58. The molecule has 2 rings (SSSR count). The maximum absolute atomic E-state index is 11.5. The van der Waals surface area contributed by atoms with E-state index in [4.69, 9.17) is 5.14 Å². The average Bonchev–Trinajstić information content (AvgIpc) is 2.66. The topological polar surface area (TPSA) is 72.2 Å². The predicted octanol–water partition coefficient (Wildman–Crippen LogP) is 3.84. The van der Waals surface area contributed by atoms with Crippen LogP contribution in [-0.2, 0) is 16.6 Å². The molecule has 0 bridgehead atoms. The van der Waals surface area contributed by atoms with Crippen LogP contribution in [0.1, 0.15) is 10.4 Å². The van der Waals surface area contributed by atoms with Crippen molar-refractivity contribution in [1.82, 2.24) is 0 Å². The van der Waals surface area contributed by atoms with Crippen molar-refractivity contribution in [2.75, 3.05) is 5.32 Å². The zero-order valence-electron chi connectivity index (χ0n) is 10.5. The second kappa shape index (κ2) is 6.15. The van der Waals surface area contributed by atoms with Crippen LogP contribution < -0.4 is 10.5 Å². The van der Waals surface area contributed by atoms with Gasteiger partial charge in [0.25, 0.3) is 0 Å². The number of nitrogens with one attached hydrogen (secondary N) is 1. The van der Waals surface area contributed by atoms with E-state index in [2.05, 4.69) is 37.2 Å². The summed E-state index contributed by atoms with van der Waals surface area (Å²) in [5.74, 6) is 0. The molecule has 108 valence electrons. The van der Waals surface area contributed by atoms with E-state index in [9.17, 15) is 8.42 Å². The summed E-state index contributed by atoms with van der Waals surface area (Å²) in [6.07, 6.45) is 0. The largest absolute Gasteiger partial charge is 0.380 e. The van der Waals surface area contributed by atoms with Crippen LogP contribution in [0.15, 0.2) is 37.4 Å². The fourth-order valence-electron chi connectivity index (χ4n) is 1.68. The summed E-state index contributed by atoms with van der Waals surface area (Å²) in [6.45, 7) is 2.33. The number of aryl methyl sites for hydroxylation is 1. The second-order valence-electron chi connectivity index (χ2n) is 4.21. The summed E-state index contributed by atoms with van der Waals surface area (Å²) >= 11 is 8.48. The second-order valence-corrected chi connectivity index (χ2v) is 9.05. The van der Waals surface area contributed by atoms with Crippen molar-refractivity contribution in [3.63, 3.8) is 0 Å². The fraction of sp³-hybridized carbons (Fsp3) is 0.167. The molecule has 4 nitrogen and oxygen atoms in total. The summed E-state index contributed by atoms with van der Waals surface area (Å²) < 4.78 is 25.0. The average molecular weight is 440 g/mol. The van der Waals surface area contributed by atoms with Gasteiger partial charge in [0.1, 0.15) is 0 Å². The first-order valence-corrected chi connectivity index (χ1v) is 9.53. The Kier molecular flexibility index (Phi) is 4.91. The zero-order valence-corrected chi connectivity index (χ0v) is 15.3. The van der Waals surface area contributed by atoms with Crippen molar-refractivity contribution in [3.05, 3.63) is 43.0 Å². The molecule has 0 radical (unpaired) electrons. The summed E-state index contributed by atoms with van der Waals surface area (Å²) in [5, 5.41) is 8.38. The Balaban J connectivity index is 2.18. The molecule has 0 atom stereocenters. The van der Waals surface area contributed by atoms with Crippen LogP contribution in [0.2, 0.25) is 0 Å². The smallest absolute Gasteiger partial charge is 0.238 e. The quantitative estimate of drug-likeness (QED) is 0.759. The van der Waals surface area contributed by atoms with E-state index in [1.165, 1.54) is 0 Å². The number of anilines is 1. The summed E-state index contributed by atoms with van der Waals surface area (Å²) in [7, 11) is -3.69. The molecule has 0 unspecified atom stereocenters. The lowest BCUT2D eigenvalue weighted by molar-refractivity contribution is 0.597. The molecule has 0 amide bonds. The van der Waals surface area contributed by atoms with E-state index in [1.54, 1.807) is 30.4 Å². The Morgan fingerprint density at radius 1 is 1.30 bits per heavy atom. The molecule has 0 spiro atoms. The molecule has 0 aliphatic carbocycles. The maximum atomic E-state index is 11.5. The van der Waals surface area contributed by atoms with Crippen molar-refractivity contribution in [3.8, 4) is 0 Å². The van der Waals surface area contributed by atoms with Crippen molar-refractivity contribution in [2.45, 2.75) is 18.4 Å². The lowest BCUT2D eigenvalue weighted by atomic mass is 10.2. The van der Waals surface area contributed by atoms with E-state index >= 15 is 0 Å². The molecule has 0 aliphatic rings. The van der Waals surface area contributed by atoms with Gasteiger partial charge in [0.2, 0.25) is 10.0 Å². The standard InChI is InChI=1S/C12H12Br2N2O2S2/c1-7-2-3-8(4-11(7)20(15,17)18)16-6-9-5-10(13)12(14)19-9/h2-5,16H,6H2,1H3,(H2,15,17,18). The maximum Gasteiger partial charge on any atom is 0.238 e. The number of thiophene rings is 1. The third-order valence-electron chi connectivity index (χ3n) is 2.66. The molecular weight excluding hydrogens is 428 g/mol. The van der Waals surface area contributed by atoms with Crippen LogP contribution in [0.3, 0.4) is 0 Å². The summed E-state index contributed by atoms with van der Waals surface area (Å²) in [6, 6.07) is 7.14. The Morgan fingerprint density at radius 2 is 2.00 bits per heavy atom. The third-order valence-corrected chi connectivity index (χ3v) is 6.97. The number of rotatable bonds is 4. The lowest BCUT2D eigenvalue weighted by Crippen LogP contribution is -2.14. The van der Waals surface area contributed by atoms with Crippen LogP contribution in [0.25, 0.3) is 0 Å². The van der Waals surface area contributed by atoms with Gasteiger partial charge < -0.3 is 5.32 Å². The minimum Gasteiger partial charge on any atom is -0.380 e. The minimum atomic E-state index is -3.69. The number of benzene rings is 1. The number of hydrogen-bond donors (Lipinski definition) is 2. The molecule has 8 heteroatoms. The summed E-state index contributed by atoms with van der Waals surface area (Å²) in [5.41, 5.74) is 1.36. The van der Waals surface area contributed by atoms with Crippen LogP contribution in [0.4, 0.5) is 5.69 Å². The molecule has 0 aliphatic heterocycles. The van der Waals surface area contributed by atoms with Gasteiger partial charge in [0.05, 0.1) is 8.68 Å². The highest BCUT2D eigenvalue weighted by Crippen LogP contribution is 2.32. The number of primary sulfonamides is 1. The predicted molar refractivity (Wildman–Crippen MR) is 89.6 cm³/mol. The SMILES string of the molecule is Cc1ccc(NCc2cc(Br)c(Br)s2)cc1S(N)(=O)=O. The molecule has 0 fully saturated rings. The molecule has 0 saturated heterocycles. The van der Waals surface area contributed by atoms with Gasteiger partial charge in [0, 0.05) is 21.6 Å². The monoisotopic (exact) mass is 438 g/mol. The molecule has 2 aromatic rings. The molecule has 0 saturated carbocycles. The van der Waals surface area contributed by atoms with Gasteiger partial charge in [-0.25, -0.2) is 13.6 Å². The van der Waals surface area contributed by atoms with Crippen molar-refractivity contribution >= 4 is 58.9 Å². The van der Waals surface area contributed by atoms with Crippen LogP contribution in [-0.4, -0.2) is 8.42 Å². The fourth-order valence-corrected chi connectivity index (χ4v) is 4.61. The highest BCUT2D eigenvalue weighted by molar-refractivity contribution is 9.13. The van der Waals surface area contributed by atoms with Crippen molar-refractivity contribution in [2.24, 2.45) is 5.14 Å². The van der Waals surface area contributed by atoms with Gasteiger partial charge in [-0.1, -0.05) is 6.07 Å². The van der Waals surface area contributed by atoms with Crippen LogP contribution in [0.5, 0.6) is 0 Å². The van der Waals surface area contributed by atoms with E-state index in [0.717, 1.165) is 18.8 Å². The minimum absolute atomic E-state index is 0.149. The number of sulfonamides is 1. The van der Waals surface area contributed by atoms with E-state index in [1.807, 2.05) is 12.1 Å². The molecule has 1 aromatic heterocycles. The van der Waals surface area contributed by atoms with Crippen LogP contribution >= 0.6 is 43.2 Å². The van der Waals surface area contributed by atoms with Gasteiger partial charge in [-0.05, 0) is 62.5 Å². The van der Waals surface area contributed by atoms with Gasteiger partial charge in [0.15, 0.2) is 0 Å². The number of hydrogen-bond acceptors (Lipinski definition) is 4. The third kappa shape index (κ3) is 3.82. The summed E-state index contributed by atoms with van der Waals surface area (Å²) in [4.78, 5) is 1.28. The first kappa shape index (κ1) is 16.0. The Hall–Kier alpha value is -0.410. The number of halogens is 2. The first-order chi connectivity index (χ1) is 9.27. The van der Waals surface area contributed by atoms with Crippen molar-refractivity contribution in [1.29, 1.82) is 0 Å². The van der Waals surface area contributed by atoms with E-state index in [-0.39, 0.29) is 4.90 Å². The Bertz CT molecular complexity index is 722. The van der Waals surface area contributed by atoms with Crippen LogP contribution in [0, 0.1) is 6.92 Å². The van der Waals surface area contributed by atoms with Crippen molar-refractivity contribution < 1.29 is 8.42 Å². The lowest BCUT2D eigenvalue weighted by Gasteiger charge is -2.09. The van der Waals surface area contributed by atoms with Gasteiger partial charge in [-0.3, -0.25) is 0 Å². The molecule has 20 heavy (non-hydrogen) atoms. The zero-order chi connectivity index (χ0) is 14.9. The molecular formula is C12H12Br2N2O2S2. The normalized spacial score (nSPS) is 11.6. The van der Waals surface area contributed by atoms with E-state index < -0.39 is 10.0 Å². The molecule has 1 aromatic carbocycles.